The van der Waals surface area contributed by atoms with Gasteiger partial charge in [-0.25, -0.2) is 17.6 Å². The summed E-state index contributed by atoms with van der Waals surface area (Å²) in [4.78, 5) is 11.4. The maximum Gasteiger partial charge on any atom is 0.341 e. The second-order valence-electron chi connectivity index (χ2n) is 3.51. The third-order valence-corrected chi connectivity index (χ3v) is 2.81. The van der Waals surface area contributed by atoms with Crippen molar-refractivity contribution in [3.8, 4) is 0 Å². The molecule has 0 aliphatic carbocycles. The van der Waals surface area contributed by atoms with Crippen LogP contribution in [0.25, 0.3) is 0 Å². The number of anilines is 1. The van der Waals surface area contributed by atoms with Crippen molar-refractivity contribution in [3.05, 3.63) is 29.6 Å². The summed E-state index contributed by atoms with van der Waals surface area (Å²) < 4.78 is 39.4. The maximum atomic E-state index is 13.3. The van der Waals surface area contributed by atoms with Crippen molar-refractivity contribution < 1.29 is 22.3 Å². The molecule has 1 aromatic carbocycles. The number of carbonyl (C=O) groups excluding carboxylic acids is 1. The van der Waals surface area contributed by atoms with E-state index in [4.69, 9.17) is 5.73 Å². The quantitative estimate of drug-likeness (QED) is 0.634. The fourth-order valence-corrected chi connectivity index (χ4v) is 1.45. The van der Waals surface area contributed by atoms with Crippen LogP contribution in [0.15, 0.2) is 18.2 Å². The van der Waals surface area contributed by atoms with Gasteiger partial charge in [0.05, 0.1) is 11.3 Å². The van der Waals surface area contributed by atoms with Gasteiger partial charge in [0, 0.05) is 11.9 Å². The van der Waals surface area contributed by atoms with E-state index in [1.807, 2.05) is 0 Å². The predicted molar refractivity (Wildman–Crippen MR) is 60.8 cm³/mol. The summed E-state index contributed by atoms with van der Waals surface area (Å²) in [6.45, 7) is -0.304. The zero-order chi connectivity index (χ0) is 13.1. The molecule has 1 aromatic rings. The fraction of sp³-hybridized carbons (Fsp3) is 0.300. The van der Waals surface area contributed by atoms with Crippen LogP contribution in [0.5, 0.6) is 0 Å². The van der Waals surface area contributed by atoms with Crippen molar-refractivity contribution in [2.75, 3.05) is 24.3 Å². The van der Waals surface area contributed by atoms with E-state index < -0.39 is 21.6 Å². The Morgan fingerprint density at radius 2 is 2.12 bits per heavy atom. The van der Waals surface area contributed by atoms with Gasteiger partial charge >= 0.3 is 5.97 Å². The first kappa shape index (κ1) is 13.4. The minimum atomic E-state index is -3.21. The molecule has 94 valence electrons. The molecule has 0 aliphatic heterocycles. The zero-order valence-electron chi connectivity index (χ0n) is 9.14. The van der Waals surface area contributed by atoms with Gasteiger partial charge in [0.2, 0.25) is 0 Å². The summed E-state index contributed by atoms with van der Waals surface area (Å²) in [6.07, 6.45) is 1.02. The number of rotatable bonds is 4. The largest absolute Gasteiger partial charge is 0.461 e. The molecule has 0 saturated heterocycles. The Kier molecular flexibility index (Phi) is 4.06. The molecule has 7 heteroatoms. The summed E-state index contributed by atoms with van der Waals surface area (Å²) in [5.74, 6) is -2.00. The minimum Gasteiger partial charge on any atom is -0.461 e. The third-order valence-electron chi connectivity index (χ3n) is 1.90. The molecule has 1 rings (SSSR count). The number of halogens is 1. The van der Waals surface area contributed by atoms with Crippen LogP contribution in [0, 0.1) is 5.82 Å². The summed E-state index contributed by atoms with van der Waals surface area (Å²) in [5.41, 5.74) is 5.23. The second kappa shape index (κ2) is 5.13. The molecule has 0 spiro atoms. The first-order valence-electron chi connectivity index (χ1n) is 4.69. The van der Waals surface area contributed by atoms with Crippen LogP contribution in [-0.2, 0) is 14.6 Å². The van der Waals surface area contributed by atoms with Crippen LogP contribution in [0.3, 0.4) is 0 Å². The van der Waals surface area contributed by atoms with Gasteiger partial charge in [-0.3, -0.25) is 0 Å². The first-order chi connectivity index (χ1) is 7.79. The van der Waals surface area contributed by atoms with Crippen molar-refractivity contribution in [2.24, 2.45) is 0 Å². The van der Waals surface area contributed by atoms with Crippen molar-refractivity contribution in [1.29, 1.82) is 0 Å². The van der Waals surface area contributed by atoms with Crippen LogP contribution in [-0.4, -0.2) is 33.0 Å². The highest BCUT2D eigenvalue weighted by Crippen LogP contribution is 2.12. The van der Waals surface area contributed by atoms with Crippen LogP contribution in [0.1, 0.15) is 10.4 Å². The lowest BCUT2D eigenvalue weighted by Crippen LogP contribution is -2.15. The zero-order valence-corrected chi connectivity index (χ0v) is 9.96. The van der Waals surface area contributed by atoms with Gasteiger partial charge in [0.1, 0.15) is 12.4 Å². The summed E-state index contributed by atoms with van der Waals surface area (Å²) >= 11 is 0. The summed E-state index contributed by atoms with van der Waals surface area (Å²) in [6, 6.07) is 3.54. The second-order valence-corrected chi connectivity index (χ2v) is 5.76. The van der Waals surface area contributed by atoms with Crippen LogP contribution in [0.4, 0.5) is 10.1 Å². The molecule has 0 bridgehead atoms. The number of carbonyl (C=O) groups is 1. The smallest absolute Gasteiger partial charge is 0.341 e. The number of ether oxygens (including phenoxy) is 1. The van der Waals surface area contributed by atoms with Crippen molar-refractivity contribution in [1.82, 2.24) is 0 Å². The molecular formula is C10H12FNO4S. The van der Waals surface area contributed by atoms with E-state index in [0.29, 0.717) is 0 Å². The highest BCUT2D eigenvalue weighted by Gasteiger charge is 2.14. The normalized spacial score (nSPS) is 11.2. The topological polar surface area (TPSA) is 86.5 Å². The van der Waals surface area contributed by atoms with Crippen LogP contribution < -0.4 is 5.73 Å². The molecule has 0 saturated carbocycles. The lowest BCUT2D eigenvalue weighted by Gasteiger charge is -2.05. The number of esters is 1. The highest BCUT2D eigenvalue weighted by atomic mass is 32.2. The molecule has 5 nitrogen and oxygen atoms in total. The Bertz CT molecular complexity index is 527. The van der Waals surface area contributed by atoms with Crippen molar-refractivity contribution >= 4 is 21.5 Å². The lowest BCUT2D eigenvalue weighted by molar-refractivity contribution is 0.0524. The minimum absolute atomic E-state index is 0.190. The van der Waals surface area contributed by atoms with Gasteiger partial charge in [-0.1, -0.05) is 0 Å². The Morgan fingerprint density at radius 1 is 1.47 bits per heavy atom. The standard InChI is InChI=1S/C10H12FNO4S/c1-17(14,15)5-4-16-10(13)8-3-2-7(12)6-9(8)11/h2-3,6H,4-5,12H2,1H3. The molecule has 0 radical (unpaired) electrons. The predicted octanol–water partition coefficient (Wildman–Crippen LogP) is 0.609. The molecule has 0 fully saturated rings. The summed E-state index contributed by atoms with van der Waals surface area (Å²) in [7, 11) is -3.21. The van der Waals surface area contributed by atoms with Gasteiger partial charge in [0.15, 0.2) is 9.84 Å². The number of hydrogen-bond acceptors (Lipinski definition) is 5. The molecule has 17 heavy (non-hydrogen) atoms. The molecule has 0 atom stereocenters. The molecule has 0 aromatic heterocycles. The average molecular weight is 261 g/mol. The molecule has 2 N–H and O–H groups in total. The first-order valence-corrected chi connectivity index (χ1v) is 6.75. The van der Waals surface area contributed by atoms with E-state index in [9.17, 15) is 17.6 Å². The van der Waals surface area contributed by atoms with Crippen LogP contribution in [0.2, 0.25) is 0 Å². The molecular weight excluding hydrogens is 249 g/mol. The third kappa shape index (κ3) is 4.39. The van der Waals surface area contributed by atoms with Crippen LogP contribution >= 0.6 is 0 Å². The van der Waals surface area contributed by atoms with E-state index in [-0.39, 0.29) is 23.6 Å². The Morgan fingerprint density at radius 3 is 2.65 bits per heavy atom. The summed E-state index contributed by atoms with van der Waals surface area (Å²) in [5, 5.41) is 0. The van der Waals surface area contributed by atoms with Gasteiger partial charge in [-0.2, -0.15) is 0 Å². The van der Waals surface area contributed by atoms with Crippen molar-refractivity contribution in [2.45, 2.75) is 0 Å². The SMILES string of the molecule is CS(=O)(=O)CCOC(=O)c1ccc(N)cc1F. The number of hydrogen-bond donors (Lipinski definition) is 1. The lowest BCUT2D eigenvalue weighted by atomic mass is 10.2. The van der Waals surface area contributed by atoms with Gasteiger partial charge in [-0.05, 0) is 18.2 Å². The Labute approximate surface area is 98.3 Å². The van der Waals surface area contributed by atoms with E-state index >= 15 is 0 Å². The molecule has 0 heterocycles. The molecule has 0 unspecified atom stereocenters. The van der Waals surface area contributed by atoms with Gasteiger partial charge in [0.25, 0.3) is 0 Å². The molecule has 0 amide bonds. The van der Waals surface area contributed by atoms with E-state index in [0.717, 1.165) is 12.3 Å². The molecule has 0 aliphatic rings. The monoisotopic (exact) mass is 261 g/mol. The van der Waals surface area contributed by atoms with Crippen molar-refractivity contribution in [3.63, 3.8) is 0 Å². The average Bonchev–Trinajstić information content (AvgIpc) is 2.15. The van der Waals surface area contributed by atoms with Gasteiger partial charge < -0.3 is 10.5 Å². The maximum absolute atomic E-state index is 13.3. The van der Waals surface area contributed by atoms with Gasteiger partial charge in [-0.15, -0.1) is 0 Å². The number of nitrogens with two attached hydrogens (primary N) is 1. The number of nitrogen functional groups attached to an aromatic ring is 1. The van der Waals surface area contributed by atoms with E-state index in [2.05, 4.69) is 4.74 Å². The van der Waals surface area contributed by atoms with E-state index in [1.54, 1.807) is 0 Å². The fourth-order valence-electron chi connectivity index (χ4n) is 1.06. The number of benzene rings is 1. The Balaban J connectivity index is 2.65. The number of sulfone groups is 1. The highest BCUT2D eigenvalue weighted by molar-refractivity contribution is 7.90. The Hall–Kier alpha value is -1.63. The van der Waals surface area contributed by atoms with E-state index in [1.165, 1.54) is 12.1 Å².